The van der Waals surface area contributed by atoms with Gasteiger partial charge in [0.15, 0.2) is 0 Å². The molecule has 0 saturated carbocycles. The molecule has 1 aromatic carbocycles. The lowest BCUT2D eigenvalue weighted by molar-refractivity contribution is -0.120. The van der Waals surface area contributed by atoms with Crippen LogP contribution in [0.4, 0.5) is 0 Å². The predicted octanol–water partition coefficient (Wildman–Crippen LogP) is 2.25. The van der Waals surface area contributed by atoms with Crippen LogP contribution in [-0.4, -0.2) is 25.0 Å². The number of hydrogen-bond acceptors (Lipinski definition) is 2. The molecule has 3 nitrogen and oxygen atoms in total. The Morgan fingerprint density at radius 1 is 1.39 bits per heavy atom. The maximum Gasteiger partial charge on any atom is 0.224 e. The third kappa shape index (κ3) is 4.42. The summed E-state index contributed by atoms with van der Waals surface area (Å²) in [6.45, 7) is 1.89. The Morgan fingerprint density at radius 2 is 2.17 bits per heavy atom. The van der Waals surface area contributed by atoms with Crippen LogP contribution in [0.3, 0.4) is 0 Å². The summed E-state index contributed by atoms with van der Waals surface area (Å²) in [5.74, 6) is 0.107. The summed E-state index contributed by atoms with van der Waals surface area (Å²) in [4.78, 5) is 11.7. The molecule has 0 radical (unpaired) electrons. The Labute approximate surface area is 116 Å². The van der Waals surface area contributed by atoms with E-state index < -0.39 is 0 Å². The molecule has 0 aromatic heterocycles. The van der Waals surface area contributed by atoms with Crippen LogP contribution in [0.25, 0.3) is 0 Å². The SMILES string of the molecule is O=C(Cc1ccc(Br)cc1)NCCC1CCCN1. The highest BCUT2D eigenvalue weighted by molar-refractivity contribution is 9.10. The van der Waals surface area contributed by atoms with Crippen LogP contribution in [-0.2, 0) is 11.2 Å². The molecule has 1 unspecified atom stereocenters. The van der Waals surface area contributed by atoms with E-state index in [0.717, 1.165) is 29.5 Å². The summed E-state index contributed by atoms with van der Waals surface area (Å²) in [7, 11) is 0. The van der Waals surface area contributed by atoms with Gasteiger partial charge in [-0.25, -0.2) is 0 Å². The van der Waals surface area contributed by atoms with E-state index in [9.17, 15) is 4.79 Å². The first-order chi connectivity index (χ1) is 8.74. The highest BCUT2D eigenvalue weighted by Gasteiger charge is 2.13. The molecule has 1 heterocycles. The first-order valence-electron chi connectivity index (χ1n) is 6.48. The molecule has 0 bridgehead atoms. The van der Waals surface area contributed by atoms with Gasteiger partial charge in [-0.2, -0.15) is 0 Å². The van der Waals surface area contributed by atoms with E-state index in [2.05, 4.69) is 26.6 Å². The van der Waals surface area contributed by atoms with Crippen molar-refractivity contribution in [1.29, 1.82) is 0 Å². The third-order valence-electron chi connectivity index (χ3n) is 3.26. The van der Waals surface area contributed by atoms with Crippen molar-refractivity contribution in [2.45, 2.75) is 31.7 Å². The zero-order chi connectivity index (χ0) is 12.8. The molecule has 98 valence electrons. The van der Waals surface area contributed by atoms with Crippen LogP contribution < -0.4 is 10.6 Å². The minimum Gasteiger partial charge on any atom is -0.356 e. The Hall–Kier alpha value is -0.870. The molecule has 0 spiro atoms. The lowest BCUT2D eigenvalue weighted by Crippen LogP contribution is -2.31. The molecule has 2 N–H and O–H groups in total. The quantitative estimate of drug-likeness (QED) is 0.876. The Morgan fingerprint density at radius 3 is 2.83 bits per heavy atom. The molecule has 1 aliphatic rings. The highest BCUT2D eigenvalue weighted by Crippen LogP contribution is 2.11. The van der Waals surface area contributed by atoms with Gasteiger partial charge in [0.1, 0.15) is 0 Å². The summed E-state index contributed by atoms with van der Waals surface area (Å²) in [6, 6.07) is 8.47. The smallest absolute Gasteiger partial charge is 0.224 e. The first-order valence-corrected chi connectivity index (χ1v) is 7.28. The zero-order valence-corrected chi connectivity index (χ0v) is 12.0. The summed E-state index contributed by atoms with van der Waals surface area (Å²) in [5, 5.41) is 6.41. The largest absolute Gasteiger partial charge is 0.356 e. The molecular weight excluding hydrogens is 292 g/mol. The number of carbonyl (C=O) groups excluding carboxylic acids is 1. The fraction of sp³-hybridized carbons (Fsp3) is 0.500. The number of halogens is 1. The molecule has 1 amide bonds. The van der Waals surface area contributed by atoms with Crippen molar-refractivity contribution >= 4 is 21.8 Å². The van der Waals surface area contributed by atoms with Crippen LogP contribution in [0.1, 0.15) is 24.8 Å². The zero-order valence-electron chi connectivity index (χ0n) is 10.4. The number of benzene rings is 1. The van der Waals surface area contributed by atoms with Crippen LogP contribution in [0.2, 0.25) is 0 Å². The van der Waals surface area contributed by atoms with Crippen LogP contribution >= 0.6 is 15.9 Å². The standard InChI is InChI=1S/C14H19BrN2O/c15-12-5-3-11(4-6-12)10-14(18)17-9-7-13-2-1-8-16-13/h3-6,13,16H,1-2,7-10H2,(H,17,18). The molecule has 1 fully saturated rings. The Balaban J connectivity index is 1.66. The molecule has 1 aliphatic heterocycles. The van der Waals surface area contributed by atoms with E-state index in [1.807, 2.05) is 24.3 Å². The normalized spacial score (nSPS) is 18.8. The van der Waals surface area contributed by atoms with E-state index in [0.29, 0.717) is 12.5 Å². The topological polar surface area (TPSA) is 41.1 Å². The molecule has 18 heavy (non-hydrogen) atoms. The number of nitrogens with one attached hydrogen (secondary N) is 2. The van der Waals surface area contributed by atoms with E-state index in [1.165, 1.54) is 12.8 Å². The Kier molecular flexibility index (Phi) is 5.20. The number of hydrogen-bond donors (Lipinski definition) is 2. The molecule has 4 heteroatoms. The maximum absolute atomic E-state index is 11.7. The van der Waals surface area contributed by atoms with Crippen molar-refractivity contribution in [1.82, 2.24) is 10.6 Å². The summed E-state index contributed by atoms with van der Waals surface area (Å²) in [6.07, 6.45) is 4.00. The lowest BCUT2D eigenvalue weighted by Gasteiger charge is -2.10. The van der Waals surface area contributed by atoms with Gasteiger partial charge < -0.3 is 10.6 Å². The maximum atomic E-state index is 11.7. The van der Waals surface area contributed by atoms with E-state index >= 15 is 0 Å². The molecule has 1 aromatic rings. The first kappa shape index (κ1) is 13.6. The van der Waals surface area contributed by atoms with Crippen molar-refractivity contribution in [2.24, 2.45) is 0 Å². The van der Waals surface area contributed by atoms with Gasteiger partial charge in [0.25, 0.3) is 0 Å². The van der Waals surface area contributed by atoms with Gasteiger partial charge in [0.05, 0.1) is 6.42 Å². The summed E-state index contributed by atoms with van der Waals surface area (Å²) >= 11 is 3.38. The van der Waals surface area contributed by atoms with Crippen molar-refractivity contribution < 1.29 is 4.79 Å². The summed E-state index contributed by atoms with van der Waals surface area (Å²) < 4.78 is 1.04. The van der Waals surface area contributed by atoms with Crippen molar-refractivity contribution in [3.05, 3.63) is 34.3 Å². The minimum absolute atomic E-state index is 0.107. The highest BCUT2D eigenvalue weighted by atomic mass is 79.9. The van der Waals surface area contributed by atoms with Gasteiger partial charge >= 0.3 is 0 Å². The molecule has 1 saturated heterocycles. The average Bonchev–Trinajstić information content (AvgIpc) is 2.85. The van der Waals surface area contributed by atoms with Crippen LogP contribution in [0.15, 0.2) is 28.7 Å². The average molecular weight is 311 g/mol. The van der Waals surface area contributed by atoms with Crippen molar-refractivity contribution in [3.8, 4) is 0 Å². The third-order valence-corrected chi connectivity index (χ3v) is 3.78. The second-order valence-corrected chi connectivity index (χ2v) is 5.65. The van der Waals surface area contributed by atoms with Crippen molar-refractivity contribution in [2.75, 3.05) is 13.1 Å². The second-order valence-electron chi connectivity index (χ2n) is 4.74. The molecular formula is C14H19BrN2O. The number of amides is 1. The van der Waals surface area contributed by atoms with E-state index in [1.54, 1.807) is 0 Å². The van der Waals surface area contributed by atoms with Gasteiger partial charge in [-0.05, 0) is 43.5 Å². The van der Waals surface area contributed by atoms with Gasteiger partial charge in [-0.15, -0.1) is 0 Å². The molecule has 0 aliphatic carbocycles. The van der Waals surface area contributed by atoms with Gasteiger partial charge in [0, 0.05) is 17.1 Å². The molecule has 1 atom stereocenters. The van der Waals surface area contributed by atoms with Crippen LogP contribution in [0, 0.1) is 0 Å². The monoisotopic (exact) mass is 310 g/mol. The number of carbonyl (C=O) groups is 1. The Bertz CT molecular complexity index is 385. The van der Waals surface area contributed by atoms with Crippen molar-refractivity contribution in [3.63, 3.8) is 0 Å². The summed E-state index contributed by atoms with van der Waals surface area (Å²) in [5.41, 5.74) is 1.05. The van der Waals surface area contributed by atoms with Gasteiger partial charge in [-0.3, -0.25) is 4.79 Å². The van der Waals surface area contributed by atoms with E-state index in [-0.39, 0.29) is 5.91 Å². The second kappa shape index (κ2) is 6.90. The predicted molar refractivity (Wildman–Crippen MR) is 76.5 cm³/mol. The number of rotatable bonds is 5. The lowest BCUT2D eigenvalue weighted by atomic mass is 10.1. The van der Waals surface area contributed by atoms with Gasteiger partial charge in [-0.1, -0.05) is 28.1 Å². The molecule has 2 rings (SSSR count). The van der Waals surface area contributed by atoms with Crippen LogP contribution in [0.5, 0.6) is 0 Å². The van der Waals surface area contributed by atoms with E-state index in [4.69, 9.17) is 0 Å². The van der Waals surface area contributed by atoms with Gasteiger partial charge in [0.2, 0.25) is 5.91 Å². The fourth-order valence-electron chi connectivity index (χ4n) is 2.24. The fourth-order valence-corrected chi connectivity index (χ4v) is 2.50. The minimum atomic E-state index is 0.107.